The third kappa shape index (κ3) is 7.42. The van der Waals surface area contributed by atoms with Gasteiger partial charge in [-0.1, -0.05) is 25.7 Å². The molecule has 20 heavy (non-hydrogen) atoms. The number of nitriles is 1. The van der Waals surface area contributed by atoms with Crippen LogP contribution in [0.1, 0.15) is 50.5 Å². The largest absolute Gasteiger partial charge is 0.494 e. The number of benzene rings is 1. The van der Waals surface area contributed by atoms with E-state index in [1.54, 1.807) is 12.1 Å². The Morgan fingerprint density at radius 3 is 2.25 bits per heavy atom. The Bertz CT molecular complexity index is 434. The molecule has 4 nitrogen and oxygen atoms in total. The van der Waals surface area contributed by atoms with Crippen molar-refractivity contribution in [1.82, 2.24) is 0 Å². The molecule has 0 radical (unpaired) electrons. The molecule has 0 spiro atoms. The molecular formula is C16H21NO3. The van der Waals surface area contributed by atoms with Gasteiger partial charge in [-0.25, -0.2) is 0 Å². The highest BCUT2D eigenvalue weighted by atomic mass is 16.5. The normalized spacial score (nSPS) is 9.95. The molecule has 0 saturated carbocycles. The van der Waals surface area contributed by atoms with Gasteiger partial charge in [0.1, 0.15) is 5.75 Å². The van der Waals surface area contributed by atoms with E-state index >= 15 is 0 Å². The van der Waals surface area contributed by atoms with Crippen molar-refractivity contribution in [1.29, 1.82) is 5.26 Å². The highest BCUT2D eigenvalue weighted by molar-refractivity contribution is 5.66. The number of carboxylic acid groups (broad SMARTS) is 1. The second kappa shape index (κ2) is 9.85. The van der Waals surface area contributed by atoms with Crippen LogP contribution < -0.4 is 4.74 Å². The summed E-state index contributed by atoms with van der Waals surface area (Å²) in [5.74, 6) is 0.0891. The minimum absolute atomic E-state index is 0.280. The van der Waals surface area contributed by atoms with Crippen molar-refractivity contribution >= 4 is 5.97 Å². The number of hydrogen-bond donors (Lipinski definition) is 1. The lowest BCUT2D eigenvalue weighted by Gasteiger charge is -2.06. The predicted octanol–water partition coefficient (Wildman–Crippen LogP) is 3.75. The predicted molar refractivity (Wildman–Crippen MR) is 76.6 cm³/mol. The number of nitrogens with zero attached hydrogens (tertiary/aromatic N) is 1. The Kier molecular flexibility index (Phi) is 7.90. The first-order valence-electron chi connectivity index (χ1n) is 7.07. The van der Waals surface area contributed by atoms with Gasteiger partial charge in [-0.15, -0.1) is 0 Å². The van der Waals surface area contributed by atoms with Gasteiger partial charge in [0.15, 0.2) is 0 Å². The Morgan fingerprint density at radius 2 is 1.65 bits per heavy atom. The number of hydrogen-bond acceptors (Lipinski definition) is 3. The van der Waals surface area contributed by atoms with E-state index in [0.29, 0.717) is 12.2 Å². The zero-order chi connectivity index (χ0) is 14.6. The van der Waals surface area contributed by atoms with Gasteiger partial charge >= 0.3 is 5.97 Å². The van der Waals surface area contributed by atoms with E-state index < -0.39 is 5.97 Å². The summed E-state index contributed by atoms with van der Waals surface area (Å²) in [6, 6.07) is 9.19. The van der Waals surface area contributed by atoms with Crippen molar-refractivity contribution in [2.45, 2.75) is 44.9 Å². The van der Waals surface area contributed by atoms with Crippen molar-refractivity contribution in [2.75, 3.05) is 6.61 Å². The molecule has 0 bridgehead atoms. The molecule has 1 aromatic carbocycles. The highest BCUT2D eigenvalue weighted by Gasteiger charge is 1.97. The third-order valence-electron chi connectivity index (χ3n) is 3.04. The molecule has 0 fully saturated rings. The maximum Gasteiger partial charge on any atom is 0.303 e. The molecule has 0 aliphatic carbocycles. The van der Waals surface area contributed by atoms with E-state index in [1.165, 1.54) is 0 Å². The van der Waals surface area contributed by atoms with Crippen LogP contribution in [-0.4, -0.2) is 17.7 Å². The Hall–Kier alpha value is -2.02. The van der Waals surface area contributed by atoms with Crippen LogP contribution in [0.5, 0.6) is 5.75 Å². The van der Waals surface area contributed by atoms with Crippen LogP contribution in [0, 0.1) is 11.3 Å². The zero-order valence-electron chi connectivity index (χ0n) is 11.7. The maximum absolute atomic E-state index is 10.3. The van der Waals surface area contributed by atoms with Crippen molar-refractivity contribution in [3.63, 3.8) is 0 Å². The minimum atomic E-state index is -0.708. The molecule has 0 aliphatic rings. The van der Waals surface area contributed by atoms with E-state index in [2.05, 4.69) is 6.07 Å². The summed E-state index contributed by atoms with van der Waals surface area (Å²) in [6.07, 6.45) is 6.35. The van der Waals surface area contributed by atoms with E-state index in [0.717, 1.165) is 44.3 Å². The molecule has 0 heterocycles. The second-order valence-electron chi connectivity index (χ2n) is 4.75. The van der Waals surface area contributed by atoms with Gasteiger partial charge in [0, 0.05) is 6.42 Å². The van der Waals surface area contributed by atoms with Gasteiger partial charge in [0.25, 0.3) is 0 Å². The zero-order valence-corrected chi connectivity index (χ0v) is 11.7. The van der Waals surface area contributed by atoms with E-state index in [4.69, 9.17) is 15.1 Å². The number of carbonyl (C=O) groups is 1. The van der Waals surface area contributed by atoms with Gasteiger partial charge in [-0.05, 0) is 37.1 Å². The fraction of sp³-hybridized carbons (Fsp3) is 0.500. The van der Waals surface area contributed by atoms with Gasteiger partial charge in [-0.3, -0.25) is 4.79 Å². The van der Waals surface area contributed by atoms with Crippen LogP contribution in [-0.2, 0) is 4.79 Å². The quantitative estimate of drug-likeness (QED) is 0.660. The van der Waals surface area contributed by atoms with Gasteiger partial charge in [0.05, 0.1) is 18.2 Å². The van der Waals surface area contributed by atoms with E-state index in [-0.39, 0.29) is 6.42 Å². The average Bonchev–Trinajstić information content (AvgIpc) is 2.46. The summed E-state index contributed by atoms with van der Waals surface area (Å²) in [6.45, 7) is 0.682. The first-order valence-corrected chi connectivity index (χ1v) is 7.07. The lowest BCUT2D eigenvalue weighted by atomic mass is 10.1. The molecule has 0 saturated heterocycles. The molecule has 108 valence electrons. The lowest BCUT2D eigenvalue weighted by molar-refractivity contribution is -0.137. The van der Waals surface area contributed by atoms with Gasteiger partial charge in [-0.2, -0.15) is 5.26 Å². The fourth-order valence-corrected chi connectivity index (χ4v) is 1.90. The smallest absolute Gasteiger partial charge is 0.303 e. The highest BCUT2D eigenvalue weighted by Crippen LogP contribution is 2.13. The molecule has 4 heteroatoms. The van der Waals surface area contributed by atoms with E-state index in [9.17, 15) is 4.79 Å². The van der Waals surface area contributed by atoms with Crippen LogP contribution in [0.15, 0.2) is 24.3 Å². The molecule has 1 aromatic rings. The number of aliphatic carboxylic acids is 1. The first-order chi connectivity index (χ1) is 9.72. The van der Waals surface area contributed by atoms with Crippen LogP contribution in [0.2, 0.25) is 0 Å². The maximum atomic E-state index is 10.3. The first kappa shape index (κ1) is 16.0. The van der Waals surface area contributed by atoms with Crippen molar-refractivity contribution in [3.05, 3.63) is 29.8 Å². The molecule has 1 N–H and O–H groups in total. The minimum Gasteiger partial charge on any atom is -0.494 e. The summed E-state index contributed by atoms with van der Waals surface area (Å²) < 4.78 is 5.58. The third-order valence-corrected chi connectivity index (χ3v) is 3.04. The van der Waals surface area contributed by atoms with E-state index in [1.807, 2.05) is 12.1 Å². The standard InChI is InChI=1S/C16H21NO3/c17-13-14-8-10-15(11-9-14)20-12-6-4-2-1-3-5-7-16(18)19/h8-11H,1-7,12H2,(H,18,19). The number of carboxylic acids is 1. The van der Waals surface area contributed by atoms with Crippen molar-refractivity contribution in [2.24, 2.45) is 0 Å². The van der Waals surface area contributed by atoms with Crippen LogP contribution in [0.25, 0.3) is 0 Å². The van der Waals surface area contributed by atoms with Crippen molar-refractivity contribution < 1.29 is 14.6 Å². The Morgan fingerprint density at radius 1 is 1.05 bits per heavy atom. The molecule has 1 rings (SSSR count). The SMILES string of the molecule is N#Cc1ccc(OCCCCCCCCC(=O)O)cc1. The van der Waals surface area contributed by atoms with Gasteiger partial charge in [0.2, 0.25) is 0 Å². The topological polar surface area (TPSA) is 70.3 Å². The molecular weight excluding hydrogens is 254 g/mol. The Labute approximate surface area is 120 Å². The average molecular weight is 275 g/mol. The summed E-state index contributed by atoms with van der Waals surface area (Å²) in [5.41, 5.74) is 0.638. The van der Waals surface area contributed by atoms with Crippen LogP contribution >= 0.6 is 0 Å². The number of rotatable bonds is 10. The second-order valence-corrected chi connectivity index (χ2v) is 4.75. The molecule has 0 unspecified atom stereocenters. The molecule has 0 amide bonds. The summed E-state index contributed by atoms with van der Waals surface area (Å²) in [5, 5.41) is 17.2. The summed E-state index contributed by atoms with van der Waals surface area (Å²) >= 11 is 0. The lowest BCUT2D eigenvalue weighted by Crippen LogP contribution is -1.97. The number of ether oxygens (including phenoxy) is 1. The number of unbranched alkanes of at least 4 members (excludes halogenated alkanes) is 5. The summed E-state index contributed by atoms with van der Waals surface area (Å²) in [4.78, 5) is 10.3. The Balaban J connectivity index is 1.96. The van der Waals surface area contributed by atoms with Crippen LogP contribution in [0.3, 0.4) is 0 Å². The van der Waals surface area contributed by atoms with Crippen LogP contribution in [0.4, 0.5) is 0 Å². The monoisotopic (exact) mass is 275 g/mol. The summed E-state index contributed by atoms with van der Waals surface area (Å²) in [7, 11) is 0. The molecule has 0 aromatic heterocycles. The molecule has 0 atom stereocenters. The fourth-order valence-electron chi connectivity index (χ4n) is 1.90. The molecule has 0 aliphatic heterocycles. The van der Waals surface area contributed by atoms with Crippen molar-refractivity contribution in [3.8, 4) is 11.8 Å². The van der Waals surface area contributed by atoms with Gasteiger partial charge < -0.3 is 9.84 Å².